The van der Waals surface area contributed by atoms with Crippen molar-refractivity contribution in [3.05, 3.63) is 40.3 Å². The Morgan fingerprint density at radius 1 is 1.29 bits per heavy atom. The van der Waals surface area contributed by atoms with E-state index < -0.39 is 0 Å². The number of aryl methyl sites for hydroxylation is 2. The first-order chi connectivity index (χ1) is 8.08. The van der Waals surface area contributed by atoms with Gasteiger partial charge in [-0.05, 0) is 61.4 Å². The molecule has 1 unspecified atom stereocenters. The summed E-state index contributed by atoms with van der Waals surface area (Å²) in [6.45, 7) is 6.20. The maximum Gasteiger partial charge on any atom is 0.149 e. The third-order valence-electron chi connectivity index (χ3n) is 3.90. The zero-order chi connectivity index (χ0) is 12.2. The van der Waals surface area contributed by atoms with Gasteiger partial charge in [-0.25, -0.2) is 9.37 Å². The van der Waals surface area contributed by atoms with Crippen LogP contribution in [0.5, 0.6) is 0 Å². The Labute approximate surface area is 101 Å². The van der Waals surface area contributed by atoms with Crippen LogP contribution in [0, 0.1) is 19.7 Å². The zero-order valence-corrected chi connectivity index (χ0v) is 10.5. The molecule has 1 aliphatic carbocycles. The fraction of sp³-hybridized carbons (Fsp3) is 0.400. The molecule has 0 saturated heterocycles. The van der Waals surface area contributed by atoms with Crippen molar-refractivity contribution in [2.45, 2.75) is 39.5 Å². The Morgan fingerprint density at radius 3 is 2.82 bits per heavy atom. The molecule has 0 spiro atoms. The summed E-state index contributed by atoms with van der Waals surface area (Å²) in [4.78, 5) is 4.56. The molecule has 0 radical (unpaired) electrons. The van der Waals surface area contributed by atoms with Gasteiger partial charge in [0.25, 0.3) is 0 Å². The summed E-state index contributed by atoms with van der Waals surface area (Å²) >= 11 is 0. The van der Waals surface area contributed by atoms with Crippen LogP contribution < -0.4 is 0 Å². The van der Waals surface area contributed by atoms with Crippen LogP contribution >= 0.6 is 0 Å². The van der Waals surface area contributed by atoms with Crippen LogP contribution in [0.4, 0.5) is 4.39 Å². The molecule has 17 heavy (non-hydrogen) atoms. The molecule has 88 valence electrons. The van der Waals surface area contributed by atoms with Gasteiger partial charge in [0.1, 0.15) is 11.3 Å². The second-order valence-electron chi connectivity index (χ2n) is 5.18. The molecule has 1 atom stereocenters. The number of pyridine rings is 1. The van der Waals surface area contributed by atoms with Gasteiger partial charge in [-0.1, -0.05) is 6.92 Å². The van der Waals surface area contributed by atoms with E-state index in [-0.39, 0.29) is 5.82 Å². The van der Waals surface area contributed by atoms with Crippen molar-refractivity contribution in [3.8, 4) is 0 Å². The average molecular weight is 229 g/mol. The van der Waals surface area contributed by atoms with Crippen molar-refractivity contribution in [2.24, 2.45) is 0 Å². The van der Waals surface area contributed by atoms with Crippen molar-refractivity contribution >= 4 is 10.9 Å². The van der Waals surface area contributed by atoms with Gasteiger partial charge in [-0.2, -0.15) is 0 Å². The second-order valence-corrected chi connectivity index (χ2v) is 5.18. The topological polar surface area (TPSA) is 12.9 Å². The van der Waals surface area contributed by atoms with E-state index in [0.29, 0.717) is 11.4 Å². The van der Waals surface area contributed by atoms with Crippen molar-refractivity contribution in [2.75, 3.05) is 0 Å². The van der Waals surface area contributed by atoms with Crippen LogP contribution in [0.25, 0.3) is 10.9 Å². The highest BCUT2D eigenvalue weighted by atomic mass is 19.1. The predicted molar refractivity (Wildman–Crippen MR) is 67.9 cm³/mol. The lowest BCUT2D eigenvalue weighted by Crippen LogP contribution is -1.99. The van der Waals surface area contributed by atoms with Crippen molar-refractivity contribution in [1.82, 2.24) is 4.98 Å². The van der Waals surface area contributed by atoms with Gasteiger partial charge in [0.05, 0.1) is 0 Å². The van der Waals surface area contributed by atoms with E-state index in [1.54, 1.807) is 6.07 Å². The summed E-state index contributed by atoms with van der Waals surface area (Å²) in [5.74, 6) is 0.277. The zero-order valence-electron chi connectivity index (χ0n) is 10.5. The maximum absolute atomic E-state index is 14.0. The Bertz CT molecular complexity index is 616. The van der Waals surface area contributed by atoms with E-state index >= 15 is 0 Å². The number of rotatable bonds is 0. The van der Waals surface area contributed by atoms with Gasteiger partial charge in [0.2, 0.25) is 0 Å². The summed E-state index contributed by atoms with van der Waals surface area (Å²) in [5, 5.41) is 0.982. The summed E-state index contributed by atoms with van der Waals surface area (Å²) in [6, 6.07) is 3.62. The SMILES string of the molecule is Cc1cc(F)c2nc3c(c(C)c2c1)CCC3C. The minimum absolute atomic E-state index is 0.190. The fourth-order valence-corrected chi connectivity index (χ4v) is 2.90. The molecule has 0 N–H and O–H groups in total. The highest BCUT2D eigenvalue weighted by Gasteiger charge is 2.24. The average Bonchev–Trinajstić information content (AvgIpc) is 2.63. The molecule has 0 saturated carbocycles. The highest BCUT2D eigenvalue weighted by Crippen LogP contribution is 2.36. The smallest absolute Gasteiger partial charge is 0.149 e. The highest BCUT2D eigenvalue weighted by molar-refractivity contribution is 5.85. The molecule has 0 fully saturated rings. The normalized spacial score (nSPS) is 18.7. The number of benzene rings is 1. The molecule has 2 heteroatoms. The standard InChI is InChI=1S/C15H16FN/c1-8-6-12-10(3)11-5-4-9(2)14(11)17-15(12)13(16)7-8/h6-7,9H,4-5H2,1-3H3. The number of nitrogens with zero attached hydrogens (tertiary/aromatic N) is 1. The lowest BCUT2D eigenvalue weighted by atomic mass is 10.00. The molecule has 3 rings (SSSR count). The third-order valence-corrected chi connectivity index (χ3v) is 3.90. The minimum Gasteiger partial charge on any atom is -0.249 e. The molecule has 0 bridgehead atoms. The van der Waals surface area contributed by atoms with Gasteiger partial charge in [-0.15, -0.1) is 0 Å². The molecule has 0 amide bonds. The van der Waals surface area contributed by atoms with E-state index in [1.165, 1.54) is 11.1 Å². The first kappa shape index (κ1) is 10.7. The molecule has 1 aliphatic rings. The largest absolute Gasteiger partial charge is 0.249 e. The Balaban J connectivity index is 2.44. The summed E-state index contributed by atoms with van der Waals surface area (Å²) in [5.41, 5.74) is 5.18. The Kier molecular flexibility index (Phi) is 2.22. The molecule has 1 aromatic carbocycles. The lowest BCUT2D eigenvalue weighted by Gasteiger charge is -2.11. The predicted octanol–water partition coefficient (Wildman–Crippen LogP) is 4.04. The fourth-order valence-electron chi connectivity index (χ4n) is 2.90. The van der Waals surface area contributed by atoms with E-state index in [1.807, 2.05) is 13.0 Å². The van der Waals surface area contributed by atoms with E-state index in [4.69, 9.17) is 0 Å². The summed E-state index contributed by atoms with van der Waals surface area (Å²) in [6.07, 6.45) is 2.22. The molecular formula is C15H16FN. The monoisotopic (exact) mass is 229 g/mol. The van der Waals surface area contributed by atoms with Gasteiger partial charge in [0, 0.05) is 11.1 Å². The number of aromatic nitrogens is 1. The number of fused-ring (bicyclic) bond motifs is 2. The first-order valence-electron chi connectivity index (χ1n) is 6.17. The molecule has 1 aromatic heterocycles. The molecule has 1 heterocycles. The van der Waals surface area contributed by atoms with Crippen LogP contribution in [-0.4, -0.2) is 4.98 Å². The molecule has 2 aromatic rings. The Morgan fingerprint density at radius 2 is 2.06 bits per heavy atom. The molecule has 0 aliphatic heterocycles. The number of hydrogen-bond acceptors (Lipinski definition) is 1. The molecule has 1 nitrogen and oxygen atoms in total. The van der Waals surface area contributed by atoms with Gasteiger partial charge < -0.3 is 0 Å². The minimum atomic E-state index is -0.190. The number of halogens is 1. The number of hydrogen-bond donors (Lipinski definition) is 0. The van der Waals surface area contributed by atoms with Crippen LogP contribution in [0.3, 0.4) is 0 Å². The summed E-state index contributed by atoms with van der Waals surface area (Å²) < 4.78 is 14.0. The van der Waals surface area contributed by atoms with E-state index in [0.717, 1.165) is 29.5 Å². The first-order valence-corrected chi connectivity index (χ1v) is 6.17. The van der Waals surface area contributed by atoms with E-state index in [2.05, 4.69) is 18.8 Å². The van der Waals surface area contributed by atoms with Crippen LogP contribution in [-0.2, 0) is 6.42 Å². The van der Waals surface area contributed by atoms with Crippen molar-refractivity contribution < 1.29 is 4.39 Å². The van der Waals surface area contributed by atoms with Crippen LogP contribution in [0.1, 0.15) is 41.6 Å². The third kappa shape index (κ3) is 1.47. The van der Waals surface area contributed by atoms with Gasteiger partial charge in [-0.3, -0.25) is 0 Å². The van der Waals surface area contributed by atoms with Gasteiger partial charge in [0.15, 0.2) is 0 Å². The van der Waals surface area contributed by atoms with Crippen molar-refractivity contribution in [1.29, 1.82) is 0 Å². The Hall–Kier alpha value is -1.44. The van der Waals surface area contributed by atoms with Crippen LogP contribution in [0.15, 0.2) is 12.1 Å². The van der Waals surface area contributed by atoms with E-state index in [9.17, 15) is 4.39 Å². The molecular weight excluding hydrogens is 213 g/mol. The van der Waals surface area contributed by atoms with Crippen molar-refractivity contribution in [3.63, 3.8) is 0 Å². The quantitative estimate of drug-likeness (QED) is 0.664. The van der Waals surface area contributed by atoms with Gasteiger partial charge >= 0.3 is 0 Å². The second kappa shape index (κ2) is 3.52. The lowest BCUT2D eigenvalue weighted by molar-refractivity contribution is 0.634. The van der Waals surface area contributed by atoms with Crippen LogP contribution in [0.2, 0.25) is 0 Å². The maximum atomic E-state index is 14.0. The summed E-state index contributed by atoms with van der Waals surface area (Å²) in [7, 11) is 0.